The van der Waals surface area contributed by atoms with Gasteiger partial charge in [-0.15, -0.1) is 0 Å². The van der Waals surface area contributed by atoms with Crippen LogP contribution in [0.15, 0.2) is 83.8 Å². The molecule has 188 valence electrons. The highest BCUT2D eigenvalue weighted by atomic mass is 32.2. The van der Waals surface area contributed by atoms with E-state index < -0.39 is 22.1 Å². The van der Waals surface area contributed by atoms with Gasteiger partial charge in [0.1, 0.15) is 5.75 Å². The van der Waals surface area contributed by atoms with Gasteiger partial charge in [0.05, 0.1) is 24.2 Å². The first-order valence-corrected chi connectivity index (χ1v) is 13.1. The van der Waals surface area contributed by atoms with E-state index in [1.54, 1.807) is 48.5 Å². The number of para-hydroxylation sites is 2. The molecule has 1 heterocycles. The molecular formula is C27H28N2O6S. The number of aryl methyl sites for hydroxylation is 1. The maximum atomic E-state index is 13.1. The topological polar surface area (TPSA) is 102 Å². The van der Waals surface area contributed by atoms with Crippen molar-refractivity contribution in [2.24, 2.45) is 0 Å². The lowest BCUT2D eigenvalue weighted by Crippen LogP contribution is -2.47. The molecule has 4 rings (SSSR count). The van der Waals surface area contributed by atoms with Crippen molar-refractivity contribution in [3.05, 3.63) is 90.0 Å². The van der Waals surface area contributed by atoms with Crippen LogP contribution in [-0.4, -0.2) is 46.6 Å². The van der Waals surface area contributed by atoms with Gasteiger partial charge < -0.3 is 14.4 Å². The number of hydrogen-bond acceptors (Lipinski definition) is 6. The number of carbonyl (C=O) groups excluding carboxylic acids is 2. The van der Waals surface area contributed by atoms with E-state index in [4.69, 9.17) is 9.47 Å². The molecule has 0 radical (unpaired) electrons. The van der Waals surface area contributed by atoms with Gasteiger partial charge in [-0.25, -0.2) is 17.9 Å². The molecule has 9 heteroatoms. The van der Waals surface area contributed by atoms with Crippen LogP contribution >= 0.6 is 0 Å². The summed E-state index contributed by atoms with van der Waals surface area (Å²) in [5.41, 5.74) is 2.49. The summed E-state index contributed by atoms with van der Waals surface area (Å²) in [5, 5.41) is 0. The van der Waals surface area contributed by atoms with Gasteiger partial charge in [-0.1, -0.05) is 54.6 Å². The Balaban J connectivity index is 1.35. The molecule has 8 nitrogen and oxygen atoms in total. The third kappa shape index (κ3) is 6.10. The molecule has 1 amide bonds. The minimum absolute atomic E-state index is 0.0638. The molecule has 0 saturated carbocycles. The Morgan fingerprint density at radius 1 is 0.944 bits per heavy atom. The number of rotatable bonds is 9. The maximum Gasteiger partial charge on any atom is 0.348 e. The van der Waals surface area contributed by atoms with Crippen LogP contribution in [0.2, 0.25) is 0 Å². The summed E-state index contributed by atoms with van der Waals surface area (Å²) in [6, 6.07) is 23.2. The molecule has 1 unspecified atom stereocenters. The lowest BCUT2D eigenvalue weighted by Gasteiger charge is -2.33. The van der Waals surface area contributed by atoms with Crippen molar-refractivity contribution in [1.82, 2.24) is 4.72 Å². The summed E-state index contributed by atoms with van der Waals surface area (Å²) < 4.78 is 38.3. The van der Waals surface area contributed by atoms with E-state index in [2.05, 4.69) is 4.72 Å². The van der Waals surface area contributed by atoms with Crippen LogP contribution < -0.4 is 14.4 Å². The lowest BCUT2D eigenvalue weighted by molar-refractivity contribution is -0.148. The Hall–Kier alpha value is -3.69. The number of benzene rings is 3. The lowest BCUT2D eigenvalue weighted by atomic mass is 10.1. The Bertz CT molecular complexity index is 1310. The smallest absolute Gasteiger partial charge is 0.348 e. The van der Waals surface area contributed by atoms with Gasteiger partial charge >= 0.3 is 5.97 Å². The average molecular weight is 509 g/mol. The zero-order valence-corrected chi connectivity index (χ0v) is 20.7. The molecule has 1 aliphatic heterocycles. The Morgan fingerprint density at radius 3 is 2.33 bits per heavy atom. The molecule has 3 aromatic carbocycles. The van der Waals surface area contributed by atoms with E-state index in [1.807, 2.05) is 30.3 Å². The van der Waals surface area contributed by atoms with Crippen LogP contribution in [0.5, 0.6) is 5.75 Å². The zero-order chi connectivity index (χ0) is 25.5. The third-order valence-electron chi connectivity index (χ3n) is 5.95. The number of methoxy groups -OCH3 is 1. The van der Waals surface area contributed by atoms with Crippen molar-refractivity contribution in [3.8, 4) is 5.75 Å². The van der Waals surface area contributed by atoms with Crippen molar-refractivity contribution in [2.45, 2.75) is 30.3 Å². The molecule has 0 aromatic heterocycles. The minimum atomic E-state index is -3.63. The Labute approximate surface area is 210 Å². The fourth-order valence-electron chi connectivity index (χ4n) is 4.00. The first kappa shape index (κ1) is 25.4. The zero-order valence-electron chi connectivity index (χ0n) is 19.9. The molecule has 36 heavy (non-hydrogen) atoms. The molecule has 0 spiro atoms. The summed E-state index contributed by atoms with van der Waals surface area (Å²) in [5.74, 6) is -0.266. The van der Waals surface area contributed by atoms with E-state index in [-0.39, 0.29) is 23.8 Å². The summed E-state index contributed by atoms with van der Waals surface area (Å²) in [7, 11) is -2.35. The number of amides is 1. The van der Waals surface area contributed by atoms with Crippen molar-refractivity contribution in [1.29, 1.82) is 0 Å². The average Bonchev–Trinajstić information content (AvgIpc) is 2.91. The van der Waals surface area contributed by atoms with Crippen molar-refractivity contribution >= 4 is 27.6 Å². The van der Waals surface area contributed by atoms with E-state index in [9.17, 15) is 18.0 Å². The maximum absolute atomic E-state index is 13.1. The normalized spacial score (nSPS) is 15.0. The van der Waals surface area contributed by atoms with Crippen molar-refractivity contribution < 1.29 is 27.5 Å². The SMILES string of the molecule is COC(=O)C1CN(C(=O)CCc2ccc(S(=O)(=O)NCCc3ccccc3)cc2)c2ccccc2O1. The van der Waals surface area contributed by atoms with E-state index in [0.29, 0.717) is 30.8 Å². The van der Waals surface area contributed by atoms with Crippen molar-refractivity contribution in [2.75, 3.05) is 25.1 Å². The van der Waals surface area contributed by atoms with Gasteiger partial charge in [-0.05, 0) is 48.2 Å². The van der Waals surface area contributed by atoms with E-state index >= 15 is 0 Å². The van der Waals surface area contributed by atoms with Crippen LogP contribution in [0.3, 0.4) is 0 Å². The Morgan fingerprint density at radius 2 is 1.61 bits per heavy atom. The standard InChI is InChI=1S/C27H28N2O6S/c1-34-27(31)25-19-29(23-9-5-6-10-24(23)35-25)26(30)16-13-21-11-14-22(15-12-21)36(32,33)28-18-17-20-7-3-2-4-8-20/h2-12,14-15,25,28H,13,16-19H2,1H3. The number of sulfonamides is 1. The van der Waals surface area contributed by atoms with Gasteiger partial charge in [0.15, 0.2) is 0 Å². The molecule has 1 N–H and O–H groups in total. The predicted octanol–water partition coefficient (Wildman–Crippen LogP) is 3.11. The second-order valence-corrected chi connectivity index (χ2v) is 10.1. The van der Waals surface area contributed by atoms with Gasteiger partial charge in [0, 0.05) is 13.0 Å². The summed E-state index contributed by atoms with van der Waals surface area (Å²) in [4.78, 5) is 26.8. The first-order valence-electron chi connectivity index (χ1n) is 11.6. The van der Waals surface area contributed by atoms with E-state index in [1.165, 1.54) is 12.0 Å². The van der Waals surface area contributed by atoms with Crippen LogP contribution in [0.25, 0.3) is 0 Å². The summed E-state index contributed by atoms with van der Waals surface area (Å²) in [6.07, 6.45) is 0.307. The minimum Gasteiger partial charge on any atom is -0.475 e. The molecule has 3 aromatic rings. The highest BCUT2D eigenvalue weighted by Gasteiger charge is 2.34. The monoisotopic (exact) mass is 508 g/mol. The van der Waals surface area contributed by atoms with Crippen LogP contribution in [0.1, 0.15) is 17.5 Å². The first-order chi connectivity index (χ1) is 17.4. The van der Waals surface area contributed by atoms with Crippen LogP contribution in [0.4, 0.5) is 5.69 Å². The van der Waals surface area contributed by atoms with Crippen molar-refractivity contribution in [3.63, 3.8) is 0 Å². The summed E-state index contributed by atoms with van der Waals surface area (Å²) in [6.45, 7) is 0.366. The number of fused-ring (bicyclic) bond motifs is 1. The number of nitrogens with one attached hydrogen (secondary N) is 1. The number of anilines is 1. The summed E-state index contributed by atoms with van der Waals surface area (Å²) >= 11 is 0. The van der Waals surface area contributed by atoms with Gasteiger partial charge in [-0.3, -0.25) is 4.79 Å². The number of nitrogens with zero attached hydrogens (tertiary/aromatic N) is 1. The third-order valence-corrected chi connectivity index (χ3v) is 7.43. The molecule has 0 fully saturated rings. The highest BCUT2D eigenvalue weighted by Crippen LogP contribution is 2.34. The fraction of sp³-hybridized carbons (Fsp3) is 0.259. The highest BCUT2D eigenvalue weighted by molar-refractivity contribution is 7.89. The largest absolute Gasteiger partial charge is 0.475 e. The Kier molecular flexibility index (Phi) is 8.02. The number of carbonyl (C=O) groups is 2. The number of esters is 1. The number of hydrogen-bond donors (Lipinski definition) is 1. The quantitative estimate of drug-likeness (QED) is 0.446. The second kappa shape index (κ2) is 11.4. The van der Waals surface area contributed by atoms with Crippen LogP contribution in [0, 0.1) is 0 Å². The predicted molar refractivity (Wildman–Crippen MR) is 135 cm³/mol. The molecular weight excluding hydrogens is 480 g/mol. The molecule has 1 atom stereocenters. The van der Waals surface area contributed by atoms with Gasteiger partial charge in [0.25, 0.3) is 0 Å². The van der Waals surface area contributed by atoms with E-state index in [0.717, 1.165) is 11.1 Å². The molecule has 0 bridgehead atoms. The number of ether oxygens (including phenoxy) is 2. The molecule has 0 aliphatic carbocycles. The van der Waals surface area contributed by atoms with Gasteiger partial charge in [-0.2, -0.15) is 0 Å². The molecule has 1 aliphatic rings. The second-order valence-electron chi connectivity index (χ2n) is 8.38. The van der Waals surface area contributed by atoms with Crippen LogP contribution in [-0.2, 0) is 37.2 Å². The molecule has 0 saturated heterocycles. The fourth-order valence-corrected chi connectivity index (χ4v) is 5.04. The van der Waals surface area contributed by atoms with Gasteiger partial charge in [0.2, 0.25) is 22.0 Å².